The van der Waals surface area contributed by atoms with Crippen molar-refractivity contribution in [2.24, 2.45) is 0 Å². The van der Waals surface area contributed by atoms with Crippen LogP contribution in [0.25, 0.3) is 10.8 Å². The molecule has 2 atom stereocenters. The quantitative estimate of drug-likeness (QED) is 0.0966. The highest BCUT2D eigenvalue weighted by Crippen LogP contribution is 2.26. The maximum absolute atomic E-state index is 14.0. The molecule has 4 rings (SSSR count). The first kappa shape index (κ1) is 34.1. The van der Waals surface area contributed by atoms with Gasteiger partial charge in [-0.05, 0) is 29.9 Å². The zero-order valence-electron chi connectivity index (χ0n) is 24.4. The van der Waals surface area contributed by atoms with E-state index in [1.54, 1.807) is 72.8 Å². The standard InChI is InChI=1S/C33H27F4N3O7/c34-21-15-22(35)29(37)30(28(21)36)47-17-26(41)25(16-27(42)43)40-31(44)24(14-13-18-7-2-1-3-8-18)39-33(46)32(45)38-23-12-6-10-19-9-4-5-11-20(19)23/h1-12,15,24-25H,13-14,16-17H2,(H,38,45)(H,39,46)(H,40,44)(H,42,43)/t24-,25-/m0/s1. The number of hydrogen-bond donors (Lipinski definition) is 4. The monoisotopic (exact) mass is 653 g/mol. The number of ketones is 1. The smallest absolute Gasteiger partial charge is 0.313 e. The van der Waals surface area contributed by atoms with Crippen LogP contribution in [0, 0.1) is 23.3 Å². The second-order valence-electron chi connectivity index (χ2n) is 10.2. The van der Waals surface area contributed by atoms with Crippen molar-refractivity contribution in [1.29, 1.82) is 0 Å². The SMILES string of the molecule is O=C(O)C[C@H](NC(=O)[C@H](CCc1ccccc1)NC(=O)C(=O)Nc1cccc2ccccc12)C(=O)COc1c(F)c(F)cc(F)c1F. The Labute approximate surface area is 264 Å². The summed E-state index contributed by atoms with van der Waals surface area (Å²) in [5.74, 6) is -15.2. The average Bonchev–Trinajstić information content (AvgIpc) is 3.05. The molecule has 4 N–H and O–H groups in total. The minimum Gasteiger partial charge on any atom is -0.481 e. The predicted octanol–water partition coefficient (Wildman–Crippen LogP) is 4.06. The largest absolute Gasteiger partial charge is 0.481 e. The second kappa shape index (κ2) is 15.5. The molecule has 10 nitrogen and oxygen atoms in total. The number of rotatable bonds is 13. The topological polar surface area (TPSA) is 151 Å². The lowest BCUT2D eigenvalue weighted by atomic mass is 10.0. The molecule has 0 bridgehead atoms. The van der Waals surface area contributed by atoms with Gasteiger partial charge in [0.2, 0.25) is 17.5 Å². The van der Waals surface area contributed by atoms with E-state index in [0.717, 1.165) is 10.9 Å². The number of fused-ring (bicyclic) bond motifs is 1. The fourth-order valence-electron chi connectivity index (χ4n) is 4.58. The van der Waals surface area contributed by atoms with Gasteiger partial charge in [0.15, 0.2) is 23.2 Å². The normalized spacial score (nSPS) is 12.1. The van der Waals surface area contributed by atoms with E-state index < -0.39 is 83.6 Å². The van der Waals surface area contributed by atoms with E-state index in [4.69, 9.17) is 0 Å². The Kier molecular flexibility index (Phi) is 11.2. The van der Waals surface area contributed by atoms with Gasteiger partial charge in [-0.1, -0.05) is 66.7 Å². The summed E-state index contributed by atoms with van der Waals surface area (Å²) in [5.41, 5.74) is 1.07. The van der Waals surface area contributed by atoms with Crippen molar-refractivity contribution < 1.29 is 51.4 Å². The molecule has 0 aliphatic heterocycles. The molecule has 0 saturated carbocycles. The third-order valence-electron chi connectivity index (χ3n) is 6.94. The van der Waals surface area contributed by atoms with E-state index >= 15 is 0 Å². The fraction of sp³-hybridized carbons (Fsp3) is 0.182. The highest BCUT2D eigenvalue weighted by atomic mass is 19.2. The lowest BCUT2D eigenvalue weighted by molar-refractivity contribution is -0.141. The highest BCUT2D eigenvalue weighted by Gasteiger charge is 2.31. The number of nitrogens with one attached hydrogen (secondary N) is 3. The van der Waals surface area contributed by atoms with Gasteiger partial charge in [0.1, 0.15) is 18.7 Å². The molecule has 0 aliphatic carbocycles. The van der Waals surface area contributed by atoms with Crippen LogP contribution in [0.2, 0.25) is 0 Å². The van der Waals surface area contributed by atoms with Crippen LogP contribution in [0.3, 0.4) is 0 Å². The molecule has 0 unspecified atom stereocenters. The number of carbonyl (C=O) groups is 5. The van der Waals surface area contributed by atoms with Crippen LogP contribution in [0.1, 0.15) is 18.4 Å². The van der Waals surface area contributed by atoms with Crippen molar-refractivity contribution >= 4 is 45.9 Å². The Morgan fingerprint density at radius 3 is 2.06 bits per heavy atom. The number of aryl methyl sites for hydroxylation is 1. The summed E-state index contributed by atoms with van der Waals surface area (Å²) in [6.07, 6.45) is -0.932. The fourth-order valence-corrected chi connectivity index (χ4v) is 4.58. The number of carboxylic acids is 1. The van der Waals surface area contributed by atoms with Crippen molar-refractivity contribution in [2.75, 3.05) is 11.9 Å². The Hall–Kier alpha value is -5.79. The summed E-state index contributed by atoms with van der Waals surface area (Å²) in [5, 5.41) is 17.7. The third-order valence-corrected chi connectivity index (χ3v) is 6.94. The number of carbonyl (C=O) groups excluding carboxylic acids is 4. The molecular formula is C33H27F4N3O7. The van der Waals surface area contributed by atoms with Gasteiger partial charge < -0.3 is 25.8 Å². The number of amides is 3. The van der Waals surface area contributed by atoms with Gasteiger partial charge in [0.05, 0.1) is 6.42 Å². The van der Waals surface area contributed by atoms with Gasteiger partial charge in [0.25, 0.3) is 0 Å². The first-order valence-corrected chi connectivity index (χ1v) is 14.1. The Bertz CT molecular complexity index is 1790. The first-order valence-electron chi connectivity index (χ1n) is 14.1. The number of halogens is 4. The van der Waals surface area contributed by atoms with Crippen LogP contribution in [0.15, 0.2) is 78.9 Å². The van der Waals surface area contributed by atoms with Crippen molar-refractivity contribution in [3.63, 3.8) is 0 Å². The third kappa shape index (κ3) is 8.90. The van der Waals surface area contributed by atoms with Gasteiger partial charge in [-0.3, -0.25) is 24.0 Å². The molecule has 244 valence electrons. The molecule has 3 amide bonds. The number of Topliss-reactive ketones (excluding diaryl/α,β-unsaturated/α-hetero) is 1. The van der Waals surface area contributed by atoms with Gasteiger partial charge in [-0.25, -0.2) is 8.78 Å². The van der Waals surface area contributed by atoms with Gasteiger partial charge >= 0.3 is 17.8 Å². The molecule has 4 aromatic carbocycles. The molecule has 14 heteroatoms. The number of ether oxygens (including phenoxy) is 1. The maximum atomic E-state index is 14.0. The van der Waals surface area contributed by atoms with Crippen molar-refractivity contribution in [2.45, 2.75) is 31.3 Å². The highest BCUT2D eigenvalue weighted by molar-refractivity contribution is 6.40. The second-order valence-corrected chi connectivity index (χ2v) is 10.2. The molecule has 0 radical (unpaired) electrons. The van der Waals surface area contributed by atoms with Crippen LogP contribution in [0.5, 0.6) is 5.75 Å². The average molecular weight is 654 g/mol. The summed E-state index contributed by atoms with van der Waals surface area (Å²) < 4.78 is 59.7. The lowest BCUT2D eigenvalue weighted by Gasteiger charge is -2.22. The zero-order chi connectivity index (χ0) is 34.1. The van der Waals surface area contributed by atoms with Crippen LogP contribution in [-0.4, -0.2) is 53.3 Å². The summed E-state index contributed by atoms with van der Waals surface area (Å²) in [4.78, 5) is 63.5. The van der Waals surface area contributed by atoms with E-state index in [-0.39, 0.29) is 18.9 Å². The van der Waals surface area contributed by atoms with Crippen LogP contribution < -0.4 is 20.7 Å². The molecule has 0 fully saturated rings. The number of carboxylic acid groups (broad SMARTS) is 1. The molecule has 0 aliphatic rings. The van der Waals surface area contributed by atoms with Gasteiger partial charge in [-0.2, -0.15) is 8.78 Å². The molecular weight excluding hydrogens is 626 g/mol. The maximum Gasteiger partial charge on any atom is 0.313 e. The summed E-state index contributed by atoms with van der Waals surface area (Å²) in [7, 11) is 0. The minimum atomic E-state index is -1.93. The van der Waals surface area contributed by atoms with Gasteiger partial charge in [-0.15, -0.1) is 0 Å². The molecule has 0 spiro atoms. The Morgan fingerprint density at radius 1 is 0.745 bits per heavy atom. The summed E-state index contributed by atoms with van der Waals surface area (Å²) in [6.45, 7) is -1.29. The van der Waals surface area contributed by atoms with Crippen molar-refractivity contribution in [3.8, 4) is 5.75 Å². The Morgan fingerprint density at radius 2 is 1.38 bits per heavy atom. The first-order chi connectivity index (χ1) is 22.4. The molecule has 0 saturated heterocycles. The minimum absolute atomic E-state index is 0.0704. The van der Waals surface area contributed by atoms with Crippen LogP contribution in [0.4, 0.5) is 23.2 Å². The number of aliphatic carboxylic acids is 1. The summed E-state index contributed by atoms with van der Waals surface area (Å²) in [6, 6.07) is 17.4. The van der Waals surface area contributed by atoms with E-state index in [2.05, 4.69) is 20.7 Å². The van der Waals surface area contributed by atoms with Crippen molar-refractivity contribution in [1.82, 2.24) is 10.6 Å². The van der Waals surface area contributed by atoms with E-state index in [9.17, 15) is 46.6 Å². The van der Waals surface area contributed by atoms with Crippen LogP contribution in [-0.2, 0) is 30.4 Å². The lowest BCUT2D eigenvalue weighted by Crippen LogP contribution is -2.54. The number of benzene rings is 4. The Balaban J connectivity index is 1.50. The van der Waals surface area contributed by atoms with Crippen LogP contribution >= 0.6 is 0 Å². The number of anilines is 1. The van der Waals surface area contributed by atoms with E-state index in [1.165, 1.54) is 0 Å². The molecule has 4 aromatic rings. The molecule has 47 heavy (non-hydrogen) atoms. The molecule has 0 aromatic heterocycles. The predicted molar refractivity (Wildman–Crippen MR) is 160 cm³/mol. The number of hydrogen-bond acceptors (Lipinski definition) is 6. The van der Waals surface area contributed by atoms with E-state index in [0.29, 0.717) is 11.1 Å². The zero-order valence-corrected chi connectivity index (χ0v) is 24.4. The summed E-state index contributed by atoms with van der Waals surface area (Å²) >= 11 is 0. The van der Waals surface area contributed by atoms with Gasteiger partial charge in [0, 0.05) is 17.1 Å². The van der Waals surface area contributed by atoms with Crippen molar-refractivity contribution in [3.05, 3.63) is 108 Å². The van der Waals surface area contributed by atoms with E-state index in [1.807, 2.05) is 0 Å². The molecule has 0 heterocycles.